The molecule has 2 heterocycles. The average molecular weight is 446 g/mol. The van der Waals surface area contributed by atoms with Crippen LogP contribution in [-0.4, -0.2) is 25.9 Å². The predicted molar refractivity (Wildman–Crippen MR) is 109 cm³/mol. The zero-order valence-corrected chi connectivity index (χ0v) is 17.5. The van der Waals surface area contributed by atoms with E-state index in [-0.39, 0.29) is 16.0 Å². The Morgan fingerprint density at radius 3 is 2.59 bits per heavy atom. The molecular formula is C17H15Cl3N4O2S. The Labute approximate surface area is 175 Å². The van der Waals surface area contributed by atoms with Crippen molar-refractivity contribution in [2.45, 2.75) is 30.8 Å². The molecule has 3 aromatic rings. The molecule has 1 amide bonds. The van der Waals surface area contributed by atoms with Gasteiger partial charge in [-0.05, 0) is 38.1 Å². The van der Waals surface area contributed by atoms with Crippen LogP contribution in [0.2, 0.25) is 15.1 Å². The van der Waals surface area contributed by atoms with Crippen LogP contribution >= 0.6 is 46.6 Å². The van der Waals surface area contributed by atoms with Crippen molar-refractivity contribution < 1.29 is 9.21 Å². The molecule has 0 fully saturated rings. The quantitative estimate of drug-likeness (QED) is 0.497. The molecule has 27 heavy (non-hydrogen) atoms. The number of rotatable bonds is 6. The number of hydrogen-bond acceptors (Lipinski definition) is 5. The van der Waals surface area contributed by atoms with Gasteiger partial charge in [0.1, 0.15) is 0 Å². The van der Waals surface area contributed by atoms with Gasteiger partial charge in [0.05, 0.1) is 27.2 Å². The lowest BCUT2D eigenvalue weighted by Crippen LogP contribution is -2.23. The van der Waals surface area contributed by atoms with Gasteiger partial charge in [0.25, 0.3) is 0 Å². The monoisotopic (exact) mass is 444 g/mol. The van der Waals surface area contributed by atoms with E-state index in [0.717, 1.165) is 0 Å². The van der Waals surface area contributed by atoms with E-state index in [1.54, 1.807) is 19.3 Å². The van der Waals surface area contributed by atoms with Crippen molar-refractivity contribution >= 4 is 58.2 Å². The largest absolute Gasteiger partial charge is 0.461 e. The zero-order chi connectivity index (χ0) is 19.6. The third-order valence-electron chi connectivity index (χ3n) is 3.68. The molecule has 0 aliphatic heterocycles. The lowest BCUT2D eigenvalue weighted by Gasteiger charge is -2.14. The average Bonchev–Trinajstić information content (AvgIpc) is 3.26. The van der Waals surface area contributed by atoms with E-state index in [2.05, 4.69) is 15.5 Å². The van der Waals surface area contributed by atoms with E-state index in [1.165, 1.54) is 23.9 Å². The number of nitrogens with one attached hydrogen (secondary N) is 1. The predicted octanol–water partition coefficient (Wildman–Crippen LogP) is 5.64. The van der Waals surface area contributed by atoms with E-state index >= 15 is 0 Å². The van der Waals surface area contributed by atoms with Crippen LogP contribution in [0, 0.1) is 0 Å². The zero-order valence-electron chi connectivity index (χ0n) is 14.4. The minimum absolute atomic E-state index is 0.267. The summed E-state index contributed by atoms with van der Waals surface area (Å²) in [4.78, 5) is 12.6. The molecule has 1 N–H and O–H groups in total. The lowest BCUT2D eigenvalue weighted by molar-refractivity contribution is -0.115. The standard InChI is InChI=1S/C17H15Cl3N4O2S/c1-3-24-15(13-5-4-6-26-13)22-23-17(24)27-9(2)16(25)21-14-11(19)7-10(18)8-12(14)20/h4-9H,3H2,1-2H3,(H,21,25). The smallest absolute Gasteiger partial charge is 0.237 e. The normalized spacial score (nSPS) is 12.2. The molecule has 3 rings (SSSR count). The van der Waals surface area contributed by atoms with Gasteiger partial charge in [-0.2, -0.15) is 0 Å². The molecule has 0 saturated heterocycles. The van der Waals surface area contributed by atoms with Crippen molar-refractivity contribution in [3.8, 4) is 11.6 Å². The van der Waals surface area contributed by atoms with Gasteiger partial charge in [0, 0.05) is 11.6 Å². The fraction of sp³-hybridized carbons (Fsp3) is 0.235. The number of thioether (sulfide) groups is 1. The third-order valence-corrected chi connectivity index (χ3v) is 5.58. The number of hydrogen-bond donors (Lipinski definition) is 1. The molecule has 0 radical (unpaired) electrons. The van der Waals surface area contributed by atoms with Gasteiger partial charge in [-0.15, -0.1) is 10.2 Å². The first-order valence-corrected chi connectivity index (χ1v) is 10.0. The third kappa shape index (κ3) is 4.43. The second kappa shape index (κ2) is 8.56. The Hall–Kier alpha value is -1.67. The van der Waals surface area contributed by atoms with Crippen LogP contribution in [0.4, 0.5) is 5.69 Å². The Morgan fingerprint density at radius 1 is 1.30 bits per heavy atom. The number of furan rings is 1. The molecule has 1 unspecified atom stereocenters. The van der Waals surface area contributed by atoms with Crippen molar-refractivity contribution in [3.05, 3.63) is 45.6 Å². The number of anilines is 1. The number of nitrogens with zero attached hydrogens (tertiary/aromatic N) is 3. The molecule has 0 aliphatic carbocycles. The van der Waals surface area contributed by atoms with Crippen LogP contribution < -0.4 is 5.32 Å². The van der Waals surface area contributed by atoms with Gasteiger partial charge in [-0.1, -0.05) is 46.6 Å². The number of amides is 1. The number of carbonyl (C=O) groups excluding carboxylic acids is 1. The van der Waals surface area contributed by atoms with Crippen LogP contribution in [-0.2, 0) is 11.3 Å². The lowest BCUT2D eigenvalue weighted by atomic mass is 10.3. The topological polar surface area (TPSA) is 73.0 Å². The maximum atomic E-state index is 12.6. The van der Waals surface area contributed by atoms with Crippen LogP contribution in [0.25, 0.3) is 11.6 Å². The maximum absolute atomic E-state index is 12.6. The highest BCUT2D eigenvalue weighted by atomic mass is 35.5. The van der Waals surface area contributed by atoms with Crippen molar-refractivity contribution in [3.63, 3.8) is 0 Å². The summed E-state index contributed by atoms with van der Waals surface area (Å²) in [5.41, 5.74) is 0.327. The highest BCUT2D eigenvalue weighted by Gasteiger charge is 2.22. The first kappa shape index (κ1) is 20.1. The van der Waals surface area contributed by atoms with Crippen molar-refractivity contribution in [2.24, 2.45) is 0 Å². The Kier molecular flexibility index (Phi) is 6.37. The molecule has 0 spiro atoms. The summed E-state index contributed by atoms with van der Waals surface area (Å²) >= 11 is 19.4. The molecule has 1 aromatic carbocycles. The molecule has 142 valence electrons. The van der Waals surface area contributed by atoms with Crippen LogP contribution in [0.15, 0.2) is 40.1 Å². The van der Waals surface area contributed by atoms with Gasteiger partial charge < -0.3 is 9.73 Å². The van der Waals surface area contributed by atoms with Crippen LogP contribution in [0.5, 0.6) is 0 Å². The second-order valence-corrected chi connectivity index (χ2v) is 8.08. The van der Waals surface area contributed by atoms with Gasteiger partial charge in [0.2, 0.25) is 5.91 Å². The SMILES string of the molecule is CCn1c(SC(C)C(=O)Nc2c(Cl)cc(Cl)cc2Cl)nnc1-c1ccco1. The fourth-order valence-corrected chi connectivity index (χ4v) is 4.17. The Bertz CT molecular complexity index is 936. The van der Waals surface area contributed by atoms with Crippen molar-refractivity contribution in [1.82, 2.24) is 14.8 Å². The molecule has 0 saturated carbocycles. The molecule has 6 nitrogen and oxygen atoms in total. The van der Waals surface area contributed by atoms with E-state index in [0.29, 0.717) is 34.0 Å². The number of benzene rings is 1. The highest BCUT2D eigenvalue weighted by Crippen LogP contribution is 2.34. The van der Waals surface area contributed by atoms with Gasteiger partial charge in [0.15, 0.2) is 16.7 Å². The summed E-state index contributed by atoms with van der Waals surface area (Å²) in [7, 11) is 0. The summed E-state index contributed by atoms with van der Waals surface area (Å²) < 4.78 is 7.28. The summed E-state index contributed by atoms with van der Waals surface area (Å²) in [6.07, 6.45) is 1.58. The van der Waals surface area contributed by atoms with E-state index in [1.807, 2.05) is 17.6 Å². The van der Waals surface area contributed by atoms with Crippen molar-refractivity contribution in [2.75, 3.05) is 5.32 Å². The molecule has 0 aliphatic rings. The highest BCUT2D eigenvalue weighted by molar-refractivity contribution is 8.00. The molecule has 10 heteroatoms. The number of aromatic nitrogens is 3. The minimum Gasteiger partial charge on any atom is -0.461 e. The van der Waals surface area contributed by atoms with E-state index in [4.69, 9.17) is 39.2 Å². The number of halogens is 3. The Morgan fingerprint density at radius 2 is 2.00 bits per heavy atom. The minimum atomic E-state index is -0.466. The number of carbonyl (C=O) groups is 1. The fourth-order valence-electron chi connectivity index (χ4n) is 2.35. The second-order valence-electron chi connectivity index (χ2n) is 5.52. The summed E-state index contributed by atoms with van der Waals surface area (Å²) in [6.45, 7) is 4.37. The summed E-state index contributed by atoms with van der Waals surface area (Å²) in [5.74, 6) is 0.964. The maximum Gasteiger partial charge on any atom is 0.237 e. The van der Waals surface area contributed by atoms with Crippen LogP contribution in [0.3, 0.4) is 0 Å². The van der Waals surface area contributed by atoms with Gasteiger partial charge in [-0.25, -0.2) is 0 Å². The first-order chi connectivity index (χ1) is 12.9. The molecule has 1 atom stereocenters. The first-order valence-electron chi connectivity index (χ1n) is 7.99. The summed E-state index contributed by atoms with van der Waals surface area (Å²) in [6, 6.07) is 6.63. The van der Waals surface area contributed by atoms with E-state index < -0.39 is 5.25 Å². The van der Waals surface area contributed by atoms with E-state index in [9.17, 15) is 4.79 Å². The van der Waals surface area contributed by atoms with Gasteiger partial charge >= 0.3 is 0 Å². The summed E-state index contributed by atoms with van der Waals surface area (Å²) in [5, 5.41) is 12.2. The molecule has 0 bridgehead atoms. The Balaban J connectivity index is 1.76. The van der Waals surface area contributed by atoms with Crippen molar-refractivity contribution in [1.29, 1.82) is 0 Å². The van der Waals surface area contributed by atoms with Gasteiger partial charge in [-0.3, -0.25) is 9.36 Å². The van der Waals surface area contributed by atoms with Crippen LogP contribution in [0.1, 0.15) is 13.8 Å². The molecular weight excluding hydrogens is 431 g/mol. The molecule has 2 aromatic heterocycles.